The number of rotatable bonds is 10. The van der Waals surface area contributed by atoms with Gasteiger partial charge in [0.1, 0.15) is 13.2 Å². The van der Waals surface area contributed by atoms with E-state index in [1.165, 1.54) is 13.2 Å². The lowest BCUT2D eigenvalue weighted by atomic mass is 10.1. The van der Waals surface area contributed by atoms with E-state index in [0.717, 1.165) is 19.6 Å². The standard InChI is InChI=1S/C17H27ClN4O3/c1-5-22(6-2)10-9-16(12(3)20-24-4)25-21-17(23)13-7-8-15(19)14(18)11-13/h7-8,11,16H,5-6,9-10,19H2,1-4H3,(H,21,23)/b20-12+. The summed E-state index contributed by atoms with van der Waals surface area (Å²) < 4.78 is 0. The molecular formula is C17H27ClN4O3. The van der Waals surface area contributed by atoms with Crippen LogP contribution in [0.15, 0.2) is 23.4 Å². The van der Waals surface area contributed by atoms with Crippen LogP contribution < -0.4 is 11.2 Å². The lowest BCUT2D eigenvalue weighted by Crippen LogP contribution is -2.36. The highest BCUT2D eigenvalue weighted by atomic mass is 35.5. The maximum Gasteiger partial charge on any atom is 0.274 e. The van der Waals surface area contributed by atoms with Crippen LogP contribution in [0.5, 0.6) is 0 Å². The molecule has 0 saturated carbocycles. The Morgan fingerprint density at radius 1 is 1.40 bits per heavy atom. The molecule has 25 heavy (non-hydrogen) atoms. The van der Waals surface area contributed by atoms with E-state index in [0.29, 0.717) is 28.4 Å². The molecule has 0 heterocycles. The van der Waals surface area contributed by atoms with Gasteiger partial charge in [0.2, 0.25) is 0 Å². The summed E-state index contributed by atoms with van der Waals surface area (Å²) in [6.07, 6.45) is 0.275. The van der Waals surface area contributed by atoms with Gasteiger partial charge in [-0.2, -0.15) is 0 Å². The van der Waals surface area contributed by atoms with E-state index in [1.54, 1.807) is 19.1 Å². The zero-order valence-corrected chi connectivity index (χ0v) is 16.0. The van der Waals surface area contributed by atoms with E-state index in [4.69, 9.17) is 27.0 Å². The summed E-state index contributed by atoms with van der Waals surface area (Å²) in [4.78, 5) is 24.9. The van der Waals surface area contributed by atoms with Crippen LogP contribution in [0, 0.1) is 0 Å². The monoisotopic (exact) mass is 370 g/mol. The fourth-order valence-corrected chi connectivity index (χ4v) is 2.43. The van der Waals surface area contributed by atoms with Gasteiger partial charge < -0.3 is 15.5 Å². The number of hydrogen-bond donors (Lipinski definition) is 2. The zero-order chi connectivity index (χ0) is 18.8. The summed E-state index contributed by atoms with van der Waals surface area (Å²) in [6.45, 7) is 8.70. The summed E-state index contributed by atoms with van der Waals surface area (Å²) in [5.41, 5.74) is 9.52. The van der Waals surface area contributed by atoms with Crippen molar-refractivity contribution in [1.82, 2.24) is 10.4 Å². The molecule has 7 nitrogen and oxygen atoms in total. The lowest BCUT2D eigenvalue weighted by molar-refractivity contribution is 0.00447. The van der Waals surface area contributed by atoms with Crippen molar-refractivity contribution < 1.29 is 14.5 Å². The van der Waals surface area contributed by atoms with Crippen LogP contribution in [-0.4, -0.2) is 49.4 Å². The number of carbonyl (C=O) groups excluding carboxylic acids is 1. The van der Waals surface area contributed by atoms with E-state index < -0.39 is 12.0 Å². The van der Waals surface area contributed by atoms with Gasteiger partial charge in [-0.1, -0.05) is 30.6 Å². The van der Waals surface area contributed by atoms with Crippen molar-refractivity contribution in [2.45, 2.75) is 33.3 Å². The molecule has 140 valence electrons. The molecule has 0 aliphatic carbocycles. The van der Waals surface area contributed by atoms with Gasteiger partial charge in [-0.15, -0.1) is 0 Å². The van der Waals surface area contributed by atoms with Gasteiger partial charge in [-0.25, -0.2) is 5.48 Å². The third kappa shape index (κ3) is 6.89. The molecule has 0 aliphatic heterocycles. The Morgan fingerprint density at radius 2 is 2.08 bits per heavy atom. The predicted octanol–water partition coefficient (Wildman–Crippen LogP) is 2.71. The Labute approximate surface area is 154 Å². The smallest absolute Gasteiger partial charge is 0.274 e. The number of hydroxylamine groups is 1. The summed E-state index contributed by atoms with van der Waals surface area (Å²) >= 11 is 5.94. The van der Waals surface area contributed by atoms with Gasteiger partial charge in [0.05, 0.1) is 16.4 Å². The normalized spacial score (nSPS) is 13.0. The number of anilines is 1. The molecule has 1 atom stereocenters. The average molecular weight is 371 g/mol. The van der Waals surface area contributed by atoms with Crippen molar-refractivity contribution in [3.05, 3.63) is 28.8 Å². The number of halogens is 1. The molecule has 0 bridgehead atoms. The minimum Gasteiger partial charge on any atom is -0.399 e. The quantitative estimate of drug-likeness (QED) is 0.375. The van der Waals surface area contributed by atoms with Gasteiger partial charge in [0.15, 0.2) is 0 Å². The van der Waals surface area contributed by atoms with Crippen molar-refractivity contribution in [1.29, 1.82) is 0 Å². The average Bonchev–Trinajstić information content (AvgIpc) is 2.60. The molecule has 1 aromatic rings. The van der Waals surface area contributed by atoms with Crippen molar-refractivity contribution in [3.63, 3.8) is 0 Å². The van der Waals surface area contributed by atoms with E-state index in [2.05, 4.69) is 29.4 Å². The first kappa shape index (κ1) is 21.2. The molecule has 1 unspecified atom stereocenters. The van der Waals surface area contributed by atoms with Crippen LogP contribution >= 0.6 is 11.6 Å². The van der Waals surface area contributed by atoms with Crippen LogP contribution in [0.3, 0.4) is 0 Å². The molecule has 1 amide bonds. The second-order valence-corrected chi connectivity index (χ2v) is 5.91. The minimum absolute atomic E-state index is 0.322. The van der Waals surface area contributed by atoms with Crippen molar-refractivity contribution >= 4 is 28.9 Å². The molecule has 0 fully saturated rings. The molecule has 0 aliphatic rings. The third-order valence-electron chi connectivity index (χ3n) is 3.86. The first-order chi connectivity index (χ1) is 11.9. The number of nitrogen functional groups attached to an aromatic ring is 1. The number of carbonyl (C=O) groups is 1. The van der Waals surface area contributed by atoms with Gasteiger partial charge >= 0.3 is 0 Å². The van der Waals surface area contributed by atoms with Gasteiger partial charge in [0, 0.05) is 12.1 Å². The SMILES string of the molecule is CCN(CC)CCC(ONC(=O)c1ccc(N)c(Cl)c1)/C(C)=N/OC. The molecule has 0 spiro atoms. The predicted molar refractivity (Wildman–Crippen MR) is 101 cm³/mol. The Morgan fingerprint density at radius 3 is 2.64 bits per heavy atom. The van der Waals surface area contributed by atoms with Crippen LogP contribution in [0.1, 0.15) is 37.6 Å². The topological polar surface area (TPSA) is 89.2 Å². The van der Waals surface area contributed by atoms with Gasteiger partial charge in [0.25, 0.3) is 5.91 Å². The van der Waals surface area contributed by atoms with Gasteiger partial charge in [-0.05, 0) is 44.6 Å². The number of nitrogens with two attached hydrogens (primary N) is 1. The molecule has 1 rings (SSSR count). The van der Waals surface area contributed by atoms with Crippen molar-refractivity contribution in [2.75, 3.05) is 32.5 Å². The number of amides is 1. The Bertz CT molecular complexity index is 591. The number of hydrogen-bond acceptors (Lipinski definition) is 6. The lowest BCUT2D eigenvalue weighted by Gasteiger charge is -2.22. The fraction of sp³-hybridized carbons (Fsp3) is 0.529. The molecule has 0 radical (unpaired) electrons. The van der Waals surface area contributed by atoms with E-state index >= 15 is 0 Å². The van der Waals surface area contributed by atoms with Crippen LogP contribution in [0.2, 0.25) is 5.02 Å². The number of nitrogens with zero attached hydrogens (tertiary/aromatic N) is 2. The first-order valence-electron chi connectivity index (χ1n) is 8.23. The molecule has 0 saturated heterocycles. The first-order valence-corrected chi connectivity index (χ1v) is 8.61. The minimum atomic E-state index is -0.403. The Kier molecular flexibility index (Phi) is 9.26. The molecular weight excluding hydrogens is 344 g/mol. The molecule has 8 heteroatoms. The van der Waals surface area contributed by atoms with E-state index in [1.807, 2.05) is 0 Å². The third-order valence-corrected chi connectivity index (χ3v) is 4.19. The Hall–Kier alpha value is -1.83. The largest absolute Gasteiger partial charge is 0.399 e. The number of benzene rings is 1. The fourth-order valence-electron chi connectivity index (χ4n) is 2.25. The van der Waals surface area contributed by atoms with Crippen molar-refractivity contribution in [2.24, 2.45) is 5.16 Å². The highest BCUT2D eigenvalue weighted by molar-refractivity contribution is 6.33. The van der Waals surface area contributed by atoms with E-state index in [-0.39, 0.29) is 0 Å². The second-order valence-electron chi connectivity index (χ2n) is 5.50. The number of oxime groups is 1. The maximum atomic E-state index is 12.2. The molecule has 3 N–H and O–H groups in total. The van der Waals surface area contributed by atoms with Crippen LogP contribution in [0.25, 0.3) is 0 Å². The highest BCUT2D eigenvalue weighted by Gasteiger charge is 2.18. The molecule has 0 aromatic heterocycles. The van der Waals surface area contributed by atoms with Crippen molar-refractivity contribution in [3.8, 4) is 0 Å². The Balaban J connectivity index is 2.71. The van der Waals surface area contributed by atoms with Crippen LogP contribution in [0.4, 0.5) is 5.69 Å². The summed E-state index contributed by atoms with van der Waals surface area (Å²) in [6, 6.07) is 4.66. The van der Waals surface area contributed by atoms with E-state index in [9.17, 15) is 4.79 Å². The molecule has 1 aromatic carbocycles. The van der Waals surface area contributed by atoms with Crippen LogP contribution in [-0.2, 0) is 9.68 Å². The summed E-state index contributed by atoms with van der Waals surface area (Å²) in [5.74, 6) is -0.403. The second kappa shape index (κ2) is 10.9. The maximum absolute atomic E-state index is 12.2. The number of nitrogens with one attached hydrogen (secondary N) is 1. The summed E-state index contributed by atoms with van der Waals surface area (Å²) in [5, 5.41) is 4.24. The zero-order valence-electron chi connectivity index (χ0n) is 15.2. The highest BCUT2D eigenvalue weighted by Crippen LogP contribution is 2.19. The van der Waals surface area contributed by atoms with Gasteiger partial charge in [-0.3, -0.25) is 9.63 Å². The summed E-state index contributed by atoms with van der Waals surface area (Å²) in [7, 11) is 1.47.